The van der Waals surface area contributed by atoms with E-state index in [1.165, 1.54) is 0 Å². The predicted octanol–water partition coefficient (Wildman–Crippen LogP) is 2.41. The van der Waals surface area contributed by atoms with Gasteiger partial charge in [0, 0.05) is 36.3 Å². The summed E-state index contributed by atoms with van der Waals surface area (Å²) in [5.74, 6) is 0.225. The Bertz CT molecular complexity index is 575. The number of nitrogens with two attached hydrogens (primary N) is 1. The van der Waals surface area contributed by atoms with Gasteiger partial charge in [-0.3, -0.25) is 9.59 Å². The maximum absolute atomic E-state index is 12.7. The zero-order valence-electron chi connectivity index (χ0n) is 13.2. The fourth-order valence-electron chi connectivity index (χ4n) is 3.00. The highest BCUT2D eigenvalue weighted by molar-refractivity contribution is 5.98. The number of hydrogen-bond donors (Lipinski definition) is 2. The van der Waals surface area contributed by atoms with Gasteiger partial charge in [0.2, 0.25) is 5.91 Å². The number of anilines is 1. The Morgan fingerprint density at radius 1 is 1.22 bits per heavy atom. The van der Waals surface area contributed by atoms with Crippen molar-refractivity contribution in [2.75, 3.05) is 18.4 Å². The summed E-state index contributed by atoms with van der Waals surface area (Å²) in [4.78, 5) is 26.4. The van der Waals surface area contributed by atoms with E-state index in [-0.39, 0.29) is 36.2 Å². The number of carbonyl (C=O) groups excluding carboxylic acids is 2. The van der Waals surface area contributed by atoms with Gasteiger partial charge >= 0.3 is 0 Å². The second-order valence-corrected chi connectivity index (χ2v) is 6.23. The second-order valence-electron chi connectivity index (χ2n) is 6.23. The Kier molecular flexibility index (Phi) is 6.02. The number of nitrogens with zero attached hydrogens (tertiary/aromatic N) is 1. The number of nitrogens with one attached hydrogen (secondary N) is 1. The Morgan fingerprint density at radius 3 is 2.70 bits per heavy atom. The molecule has 5 nitrogen and oxygen atoms in total. The van der Waals surface area contributed by atoms with Crippen LogP contribution in [0, 0.1) is 5.92 Å². The first-order valence-corrected chi connectivity index (χ1v) is 8.11. The molecular weight excluding hydrogens is 314 g/mol. The Labute approximate surface area is 143 Å². The lowest BCUT2D eigenvalue weighted by molar-refractivity contribution is -0.117. The summed E-state index contributed by atoms with van der Waals surface area (Å²) in [5.41, 5.74) is 7.11. The number of carbonyl (C=O) groups is 2. The molecule has 0 bridgehead atoms. The number of rotatable bonds is 4. The molecule has 3 rings (SSSR count). The highest BCUT2D eigenvalue weighted by Gasteiger charge is 2.30. The smallest absolute Gasteiger partial charge is 0.254 e. The summed E-state index contributed by atoms with van der Waals surface area (Å²) in [6.07, 6.45) is 5.07. The quantitative estimate of drug-likeness (QED) is 0.885. The first-order chi connectivity index (χ1) is 10.7. The number of hydrogen-bond acceptors (Lipinski definition) is 3. The number of amides is 2. The molecule has 1 aromatic rings. The SMILES string of the molecule is Cl.NCC1CCCCN1C(=O)c1cccc(NC(=O)C2CC2)c1. The minimum absolute atomic E-state index is 0. The van der Waals surface area contributed by atoms with Crippen molar-refractivity contribution in [3.05, 3.63) is 29.8 Å². The van der Waals surface area contributed by atoms with Crippen molar-refractivity contribution in [2.24, 2.45) is 11.7 Å². The van der Waals surface area contributed by atoms with Crippen molar-refractivity contribution >= 4 is 29.9 Å². The molecule has 23 heavy (non-hydrogen) atoms. The molecule has 1 saturated carbocycles. The third kappa shape index (κ3) is 4.24. The maximum atomic E-state index is 12.7. The van der Waals surface area contributed by atoms with Gasteiger partial charge in [0.1, 0.15) is 0 Å². The van der Waals surface area contributed by atoms with Crippen LogP contribution in [0.1, 0.15) is 42.5 Å². The molecule has 0 aromatic heterocycles. The predicted molar refractivity (Wildman–Crippen MR) is 92.8 cm³/mol. The first kappa shape index (κ1) is 17.8. The summed E-state index contributed by atoms with van der Waals surface area (Å²) < 4.78 is 0. The fourth-order valence-corrected chi connectivity index (χ4v) is 3.00. The van der Waals surface area contributed by atoms with Crippen LogP contribution >= 0.6 is 12.4 Å². The summed E-state index contributed by atoms with van der Waals surface area (Å²) in [6, 6.07) is 7.35. The normalized spacial score (nSPS) is 20.6. The van der Waals surface area contributed by atoms with E-state index in [4.69, 9.17) is 5.73 Å². The first-order valence-electron chi connectivity index (χ1n) is 8.11. The van der Waals surface area contributed by atoms with Crippen LogP contribution in [0.2, 0.25) is 0 Å². The number of halogens is 1. The van der Waals surface area contributed by atoms with E-state index in [0.717, 1.165) is 38.6 Å². The van der Waals surface area contributed by atoms with Gasteiger partial charge in [-0.2, -0.15) is 0 Å². The van der Waals surface area contributed by atoms with Gasteiger partial charge in [-0.15, -0.1) is 12.4 Å². The zero-order chi connectivity index (χ0) is 15.5. The van der Waals surface area contributed by atoms with Gasteiger partial charge in [0.25, 0.3) is 5.91 Å². The summed E-state index contributed by atoms with van der Waals surface area (Å²) in [6.45, 7) is 1.27. The van der Waals surface area contributed by atoms with Crippen LogP contribution in [0.4, 0.5) is 5.69 Å². The van der Waals surface area contributed by atoms with Crippen molar-refractivity contribution in [1.82, 2.24) is 4.90 Å². The molecule has 1 saturated heterocycles. The van der Waals surface area contributed by atoms with Gasteiger partial charge in [0.15, 0.2) is 0 Å². The van der Waals surface area contributed by atoms with E-state index in [0.29, 0.717) is 17.8 Å². The van der Waals surface area contributed by atoms with Gasteiger partial charge in [-0.05, 0) is 50.3 Å². The average molecular weight is 338 g/mol. The molecule has 2 amide bonds. The third-order valence-electron chi connectivity index (χ3n) is 4.49. The largest absolute Gasteiger partial charge is 0.334 e. The van der Waals surface area contributed by atoms with Crippen molar-refractivity contribution < 1.29 is 9.59 Å². The molecule has 1 aliphatic heterocycles. The van der Waals surface area contributed by atoms with Gasteiger partial charge in [-0.25, -0.2) is 0 Å². The van der Waals surface area contributed by atoms with Crippen LogP contribution in [0.5, 0.6) is 0 Å². The Balaban J connectivity index is 0.00000192. The third-order valence-corrected chi connectivity index (χ3v) is 4.49. The van der Waals surface area contributed by atoms with Crippen LogP contribution < -0.4 is 11.1 Å². The molecular formula is C17H24ClN3O2. The standard InChI is InChI=1S/C17H23N3O2.ClH/c18-11-15-6-1-2-9-20(15)17(22)13-4-3-5-14(10-13)19-16(21)12-7-8-12;/h3-5,10,12,15H,1-2,6-9,11,18H2,(H,19,21);1H. The molecule has 1 heterocycles. The highest BCUT2D eigenvalue weighted by Crippen LogP contribution is 2.30. The van der Waals surface area contributed by atoms with Crippen LogP contribution in [0.3, 0.4) is 0 Å². The van der Waals surface area contributed by atoms with Crippen molar-refractivity contribution in [2.45, 2.75) is 38.1 Å². The molecule has 3 N–H and O–H groups in total. The lowest BCUT2D eigenvalue weighted by Crippen LogP contribution is -2.47. The second kappa shape index (κ2) is 7.79. The topological polar surface area (TPSA) is 75.4 Å². The molecule has 2 aliphatic rings. The summed E-state index contributed by atoms with van der Waals surface area (Å²) >= 11 is 0. The average Bonchev–Trinajstić information content (AvgIpc) is 3.39. The number of piperidine rings is 1. The Morgan fingerprint density at radius 2 is 2.00 bits per heavy atom. The molecule has 1 aliphatic carbocycles. The van der Waals surface area contributed by atoms with Gasteiger partial charge in [-0.1, -0.05) is 6.07 Å². The minimum atomic E-state index is 0. The van der Waals surface area contributed by atoms with Crippen LogP contribution in [-0.2, 0) is 4.79 Å². The number of benzene rings is 1. The van der Waals surface area contributed by atoms with E-state index in [1.54, 1.807) is 12.1 Å². The van der Waals surface area contributed by atoms with Gasteiger partial charge < -0.3 is 16.0 Å². The van der Waals surface area contributed by atoms with E-state index in [2.05, 4.69) is 5.32 Å². The van der Waals surface area contributed by atoms with E-state index >= 15 is 0 Å². The molecule has 6 heteroatoms. The molecule has 2 fully saturated rings. The molecule has 1 atom stereocenters. The summed E-state index contributed by atoms with van der Waals surface area (Å²) in [5, 5.41) is 2.89. The molecule has 126 valence electrons. The molecule has 1 aromatic carbocycles. The van der Waals surface area contributed by atoms with E-state index in [1.807, 2.05) is 17.0 Å². The van der Waals surface area contributed by atoms with Crippen molar-refractivity contribution in [3.63, 3.8) is 0 Å². The summed E-state index contributed by atoms with van der Waals surface area (Å²) in [7, 11) is 0. The van der Waals surface area contributed by atoms with Crippen molar-refractivity contribution in [3.8, 4) is 0 Å². The van der Waals surface area contributed by atoms with Crippen LogP contribution in [0.15, 0.2) is 24.3 Å². The lowest BCUT2D eigenvalue weighted by atomic mass is 10.0. The lowest BCUT2D eigenvalue weighted by Gasteiger charge is -2.35. The maximum Gasteiger partial charge on any atom is 0.254 e. The molecule has 0 radical (unpaired) electrons. The van der Waals surface area contributed by atoms with Crippen LogP contribution in [0.25, 0.3) is 0 Å². The van der Waals surface area contributed by atoms with E-state index < -0.39 is 0 Å². The molecule has 0 spiro atoms. The fraction of sp³-hybridized carbons (Fsp3) is 0.529. The molecule has 1 unspecified atom stereocenters. The van der Waals surface area contributed by atoms with Crippen molar-refractivity contribution in [1.29, 1.82) is 0 Å². The van der Waals surface area contributed by atoms with E-state index in [9.17, 15) is 9.59 Å². The van der Waals surface area contributed by atoms with Gasteiger partial charge in [0.05, 0.1) is 0 Å². The zero-order valence-corrected chi connectivity index (χ0v) is 14.0. The Hall–Kier alpha value is -1.59. The minimum Gasteiger partial charge on any atom is -0.334 e. The number of likely N-dealkylation sites (tertiary alicyclic amines) is 1. The highest BCUT2D eigenvalue weighted by atomic mass is 35.5. The van der Waals surface area contributed by atoms with Crippen LogP contribution in [-0.4, -0.2) is 35.8 Å². The monoisotopic (exact) mass is 337 g/mol.